The minimum absolute atomic E-state index is 0.0883. The minimum atomic E-state index is -0.539. The topological polar surface area (TPSA) is 135 Å². The molecule has 11 heteroatoms. The van der Waals surface area contributed by atoms with Crippen molar-refractivity contribution in [1.29, 1.82) is 5.26 Å². The number of nitrogen functional groups attached to an aromatic ring is 1. The number of nitrogens with two attached hydrogens (primary N) is 1. The zero-order chi connectivity index (χ0) is 29.9. The average Bonchev–Trinajstić information content (AvgIpc) is 3.58. The maximum atomic E-state index is 15.5. The zero-order valence-electron chi connectivity index (χ0n) is 23.8. The Hall–Kier alpha value is -4.82. The summed E-state index contributed by atoms with van der Waals surface area (Å²) in [4.78, 5) is 23.7. The number of rotatable bonds is 9. The van der Waals surface area contributed by atoms with Crippen LogP contribution in [0.1, 0.15) is 33.6 Å². The average molecular weight is 569 g/mol. The van der Waals surface area contributed by atoms with Crippen molar-refractivity contribution >= 4 is 22.8 Å². The smallest absolute Gasteiger partial charge is 0.264 e. The molecule has 42 heavy (non-hydrogen) atoms. The number of carbonyl (C=O) groups excluding carboxylic acids is 1. The summed E-state index contributed by atoms with van der Waals surface area (Å²) >= 11 is 0. The first-order valence-electron chi connectivity index (χ1n) is 13.9. The number of likely N-dealkylation sites (N-methyl/N-ethyl adjacent to an activating group) is 1. The van der Waals surface area contributed by atoms with Crippen LogP contribution in [0.25, 0.3) is 22.3 Å². The number of halogens is 1. The standard InChI is InChI=1S/C31H33FN8O2/c1-4-37-31(2,3)16-20(17-33)30(41)39-14-8-9-21(39)18-40-29-26(28(34)35-19-36-29)27(38-40)24-13-12-23(15-25(24)32)42-22-10-6-5-7-11-22/h5-7,10-13,15-16,19,21,37H,4,8-9,14,18H2,1-3H3,(H2,34,35,36)/t21-/m0/s1. The molecule has 0 unspecified atom stereocenters. The predicted octanol–water partition coefficient (Wildman–Crippen LogP) is 4.84. The van der Waals surface area contributed by atoms with Crippen LogP contribution in [0.4, 0.5) is 10.2 Å². The molecule has 0 radical (unpaired) electrons. The molecule has 10 nitrogen and oxygen atoms in total. The van der Waals surface area contributed by atoms with E-state index in [-0.39, 0.29) is 28.9 Å². The van der Waals surface area contributed by atoms with E-state index in [0.717, 1.165) is 12.8 Å². The quantitative estimate of drug-likeness (QED) is 0.216. The van der Waals surface area contributed by atoms with Gasteiger partial charge in [0.1, 0.15) is 46.8 Å². The molecule has 5 rings (SSSR count). The molecule has 1 fully saturated rings. The van der Waals surface area contributed by atoms with Crippen LogP contribution in [0, 0.1) is 17.1 Å². The van der Waals surface area contributed by atoms with Gasteiger partial charge in [-0.15, -0.1) is 0 Å². The van der Waals surface area contributed by atoms with E-state index >= 15 is 4.39 Å². The predicted molar refractivity (Wildman–Crippen MR) is 158 cm³/mol. The summed E-state index contributed by atoms with van der Waals surface area (Å²) < 4.78 is 22.9. The third-order valence-electron chi connectivity index (χ3n) is 7.24. The second kappa shape index (κ2) is 12.0. The van der Waals surface area contributed by atoms with Crippen LogP contribution >= 0.6 is 0 Å². The Bertz CT molecular complexity index is 1680. The number of fused-ring (bicyclic) bond motifs is 1. The van der Waals surface area contributed by atoms with Crippen molar-refractivity contribution in [2.45, 2.75) is 51.7 Å². The fourth-order valence-electron chi connectivity index (χ4n) is 5.38. The van der Waals surface area contributed by atoms with Gasteiger partial charge in [0.15, 0.2) is 5.65 Å². The van der Waals surface area contributed by atoms with Crippen LogP contribution in [-0.4, -0.2) is 55.2 Å². The van der Waals surface area contributed by atoms with E-state index in [1.807, 2.05) is 39.0 Å². The van der Waals surface area contributed by atoms with Crippen LogP contribution in [0.15, 0.2) is 66.5 Å². The molecule has 1 aliphatic heterocycles. The van der Waals surface area contributed by atoms with Gasteiger partial charge in [0.25, 0.3) is 5.91 Å². The number of hydrogen-bond acceptors (Lipinski definition) is 8. The fourth-order valence-corrected chi connectivity index (χ4v) is 5.38. The Morgan fingerprint density at radius 3 is 2.74 bits per heavy atom. The van der Waals surface area contributed by atoms with Crippen molar-refractivity contribution in [2.24, 2.45) is 0 Å². The van der Waals surface area contributed by atoms with Crippen LogP contribution in [0.2, 0.25) is 0 Å². The van der Waals surface area contributed by atoms with Crippen molar-refractivity contribution in [3.8, 4) is 28.8 Å². The Labute approximate surface area is 243 Å². The molecule has 216 valence electrons. The molecule has 1 saturated heterocycles. The molecule has 0 spiro atoms. The number of ether oxygens (including phenoxy) is 1. The number of nitrogens with zero attached hydrogens (tertiary/aromatic N) is 6. The van der Waals surface area contributed by atoms with Crippen LogP contribution in [0.3, 0.4) is 0 Å². The summed E-state index contributed by atoms with van der Waals surface area (Å²) in [5.74, 6) is 0.242. The van der Waals surface area contributed by atoms with Crippen molar-refractivity contribution in [3.05, 3.63) is 72.3 Å². The Morgan fingerprint density at radius 2 is 2.02 bits per heavy atom. The van der Waals surface area contributed by atoms with Crippen LogP contribution in [-0.2, 0) is 11.3 Å². The minimum Gasteiger partial charge on any atom is -0.457 e. The van der Waals surface area contributed by atoms with Gasteiger partial charge in [-0.05, 0) is 63.6 Å². The second-order valence-corrected chi connectivity index (χ2v) is 10.8. The zero-order valence-corrected chi connectivity index (χ0v) is 23.8. The summed E-state index contributed by atoms with van der Waals surface area (Å²) in [7, 11) is 0. The third-order valence-corrected chi connectivity index (χ3v) is 7.24. The molecule has 0 saturated carbocycles. The van der Waals surface area contributed by atoms with Crippen molar-refractivity contribution in [3.63, 3.8) is 0 Å². The van der Waals surface area contributed by atoms with Gasteiger partial charge >= 0.3 is 0 Å². The van der Waals surface area contributed by atoms with Gasteiger partial charge in [0.2, 0.25) is 0 Å². The Morgan fingerprint density at radius 1 is 1.24 bits per heavy atom. The van der Waals surface area contributed by atoms with E-state index in [1.165, 1.54) is 12.4 Å². The third kappa shape index (κ3) is 5.94. The number of nitriles is 1. The van der Waals surface area contributed by atoms with Gasteiger partial charge < -0.3 is 20.7 Å². The van der Waals surface area contributed by atoms with Crippen molar-refractivity contribution < 1.29 is 13.9 Å². The SMILES string of the molecule is CCNC(C)(C)C=C(C#N)C(=O)N1CCC[C@H]1Cn1nc(-c2ccc(Oc3ccccc3)cc2F)c2c(N)ncnc21. The van der Waals surface area contributed by atoms with E-state index in [1.54, 1.807) is 39.9 Å². The number of anilines is 1. The molecular formula is C31H33FN8O2. The number of likely N-dealkylation sites (tertiary alicyclic amines) is 1. The Kier molecular flexibility index (Phi) is 8.17. The number of amides is 1. The van der Waals surface area contributed by atoms with Crippen molar-refractivity contribution in [1.82, 2.24) is 30.0 Å². The first-order chi connectivity index (χ1) is 20.2. The molecule has 0 aliphatic carbocycles. The van der Waals surface area contributed by atoms with Gasteiger partial charge in [-0.25, -0.2) is 19.0 Å². The van der Waals surface area contributed by atoms with E-state index in [2.05, 4.69) is 21.4 Å². The lowest BCUT2D eigenvalue weighted by molar-refractivity contribution is -0.127. The van der Waals surface area contributed by atoms with Crippen LogP contribution < -0.4 is 15.8 Å². The summed E-state index contributed by atoms with van der Waals surface area (Å²) in [6.45, 7) is 7.33. The highest BCUT2D eigenvalue weighted by Gasteiger charge is 2.33. The number of benzene rings is 2. The lowest BCUT2D eigenvalue weighted by Crippen LogP contribution is -2.41. The highest BCUT2D eigenvalue weighted by Crippen LogP contribution is 2.35. The molecule has 3 N–H and O–H groups in total. The van der Waals surface area contributed by atoms with Crippen molar-refractivity contribution in [2.75, 3.05) is 18.8 Å². The van der Waals surface area contributed by atoms with Gasteiger partial charge in [0, 0.05) is 23.7 Å². The molecule has 4 aromatic rings. The van der Waals surface area contributed by atoms with Gasteiger partial charge in [-0.3, -0.25) is 4.79 Å². The van der Waals surface area contributed by atoms with E-state index in [4.69, 9.17) is 15.6 Å². The molecule has 3 heterocycles. The molecule has 1 aliphatic rings. The maximum Gasteiger partial charge on any atom is 0.264 e. The Balaban J connectivity index is 1.45. The maximum absolute atomic E-state index is 15.5. The highest BCUT2D eigenvalue weighted by atomic mass is 19.1. The molecular weight excluding hydrogens is 535 g/mol. The number of nitrogens with one attached hydrogen (secondary N) is 1. The largest absolute Gasteiger partial charge is 0.457 e. The first kappa shape index (κ1) is 28.7. The van der Waals surface area contributed by atoms with Gasteiger partial charge in [0.05, 0.1) is 18.0 Å². The lowest BCUT2D eigenvalue weighted by atomic mass is 10.0. The normalized spacial score (nSPS) is 15.6. The molecule has 0 bridgehead atoms. The number of hydrogen-bond donors (Lipinski definition) is 2. The van der Waals surface area contributed by atoms with Gasteiger partial charge in [-0.1, -0.05) is 25.1 Å². The van der Waals surface area contributed by atoms with E-state index < -0.39 is 11.4 Å². The first-order valence-corrected chi connectivity index (χ1v) is 13.9. The molecule has 2 aromatic carbocycles. The number of para-hydroxylation sites is 1. The number of aromatic nitrogens is 4. The van der Waals surface area contributed by atoms with E-state index in [9.17, 15) is 10.1 Å². The molecule has 1 amide bonds. The second-order valence-electron chi connectivity index (χ2n) is 10.8. The summed E-state index contributed by atoms with van der Waals surface area (Å²) in [5.41, 5.74) is 6.78. The lowest BCUT2D eigenvalue weighted by Gasteiger charge is -2.26. The summed E-state index contributed by atoms with van der Waals surface area (Å²) in [5, 5.41) is 18.2. The van der Waals surface area contributed by atoms with Gasteiger partial charge in [-0.2, -0.15) is 10.4 Å². The monoisotopic (exact) mass is 568 g/mol. The summed E-state index contributed by atoms with van der Waals surface area (Å²) in [6.07, 6.45) is 4.52. The molecule has 2 aromatic heterocycles. The number of carbonyl (C=O) groups is 1. The van der Waals surface area contributed by atoms with E-state index in [0.29, 0.717) is 47.9 Å². The van der Waals surface area contributed by atoms with Crippen LogP contribution in [0.5, 0.6) is 11.5 Å². The summed E-state index contributed by atoms with van der Waals surface area (Å²) in [6, 6.07) is 15.5. The fraction of sp³-hybridized carbons (Fsp3) is 0.323. The highest BCUT2D eigenvalue weighted by molar-refractivity contribution is 5.99. The molecule has 1 atom stereocenters.